The van der Waals surface area contributed by atoms with E-state index in [2.05, 4.69) is 5.32 Å². The van der Waals surface area contributed by atoms with Gasteiger partial charge in [-0.3, -0.25) is 10.1 Å². The van der Waals surface area contributed by atoms with Crippen LogP contribution in [-0.2, 0) is 19.1 Å². The van der Waals surface area contributed by atoms with Crippen LogP contribution in [0.2, 0.25) is 0 Å². The van der Waals surface area contributed by atoms with Crippen LogP contribution in [0.3, 0.4) is 0 Å². The van der Waals surface area contributed by atoms with Gasteiger partial charge in [0.05, 0.1) is 35.7 Å². The van der Waals surface area contributed by atoms with Crippen molar-refractivity contribution in [2.24, 2.45) is 5.92 Å². The Morgan fingerprint density at radius 2 is 1.67 bits per heavy atom. The van der Waals surface area contributed by atoms with E-state index in [0.717, 1.165) is 0 Å². The molecule has 30 heavy (non-hydrogen) atoms. The maximum Gasteiger partial charge on any atom is 0.336 e. The number of carbonyl (C=O) groups is 2. The molecule has 1 aromatic rings. The number of para-hydroxylation sites is 1. The molecule has 1 aromatic carbocycles. The number of hydrogen-bond donors (Lipinski definition) is 1. The maximum absolute atomic E-state index is 13.1. The number of nitrogens with one attached hydrogen (secondary N) is 1. The molecule has 8 nitrogen and oxygen atoms in total. The molecule has 0 saturated carbocycles. The first-order chi connectivity index (χ1) is 14.3. The Hall–Kier alpha value is -3.16. The van der Waals surface area contributed by atoms with Crippen LogP contribution in [0.15, 0.2) is 46.8 Å². The molecule has 0 bridgehead atoms. The molecular weight excluding hydrogens is 388 g/mol. The van der Waals surface area contributed by atoms with Crippen LogP contribution in [0.25, 0.3) is 0 Å². The minimum atomic E-state index is -0.968. The van der Waals surface area contributed by atoms with Crippen LogP contribution in [0.1, 0.15) is 52.0 Å². The van der Waals surface area contributed by atoms with Gasteiger partial charge in [-0.15, -0.1) is 0 Å². The average molecular weight is 416 g/mol. The maximum atomic E-state index is 13.1. The van der Waals surface area contributed by atoms with Crippen molar-refractivity contribution >= 4 is 17.6 Å². The third-order valence-electron chi connectivity index (χ3n) is 4.85. The topological polar surface area (TPSA) is 108 Å². The van der Waals surface area contributed by atoms with E-state index < -0.39 is 22.8 Å². The molecule has 1 N–H and O–H groups in total. The highest BCUT2D eigenvalue weighted by Gasteiger charge is 2.41. The van der Waals surface area contributed by atoms with Crippen LogP contribution in [0, 0.1) is 16.0 Å². The average Bonchev–Trinajstić information content (AvgIpc) is 2.75. The lowest BCUT2D eigenvalue weighted by Gasteiger charge is -2.32. The molecule has 1 unspecified atom stereocenters. The molecule has 8 heteroatoms. The summed E-state index contributed by atoms with van der Waals surface area (Å²) >= 11 is 0. The fourth-order valence-corrected chi connectivity index (χ4v) is 3.49. The van der Waals surface area contributed by atoms with Gasteiger partial charge >= 0.3 is 11.9 Å². The second kappa shape index (κ2) is 10.0. The largest absolute Gasteiger partial charge is 0.466 e. The number of methoxy groups -OCH3 is 1. The highest BCUT2D eigenvalue weighted by molar-refractivity contribution is 6.00. The Balaban J connectivity index is 2.79. The molecule has 0 saturated heterocycles. The lowest BCUT2D eigenvalue weighted by molar-refractivity contribution is -0.385. The Morgan fingerprint density at radius 3 is 2.17 bits per heavy atom. The van der Waals surface area contributed by atoms with Crippen molar-refractivity contribution in [1.82, 2.24) is 5.32 Å². The van der Waals surface area contributed by atoms with E-state index in [1.54, 1.807) is 18.2 Å². The molecule has 1 aliphatic heterocycles. The van der Waals surface area contributed by atoms with E-state index in [-0.39, 0.29) is 34.9 Å². The first kappa shape index (κ1) is 23.1. The Kier molecular flexibility index (Phi) is 7.74. The van der Waals surface area contributed by atoms with Crippen LogP contribution in [0.4, 0.5) is 5.69 Å². The standard InChI is InChI=1S/C22H28N2O6/c1-6-15-19(21(25)29-5)18(14-10-8-9-11-17(14)24(27)28)20(16(7-2)23-15)22(26)30-12-13(3)4/h8-11,13,18,23H,6-7,12H2,1-5H3. The summed E-state index contributed by atoms with van der Waals surface area (Å²) < 4.78 is 10.5. The summed E-state index contributed by atoms with van der Waals surface area (Å²) in [6, 6.07) is 6.12. The fraction of sp³-hybridized carbons (Fsp3) is 0.455. The number of esters is 2. The molecule has 1 heterocycles. The Labute approximate surface area is 176 Å². The number of ether oxygens (including phenoxy) is 2. The van der Waals surface area contributed by atoms with Gasteiger partial charge in [-0.05, 0) is 18.8 Å². The van der Waals surface area contributed by atoms with E-state index in [1.165, 1.54) is 13.2 Å². The summed E-state index contributed by atoms with van der Waals surface area (Å²) in [6.07, 6.45) is 0.917. The van der Waals surface area contributed by atoms with Crippen molar-refractivity contribution in [2.75, 3.05) is 13.7 Å². The van der Waals surface area contributed by atoms with Gasteiger partial charge in [0.15, 0.2) is 0 Å². The van der Waals surface area contributed by atoms with Crippen molar-refractivity contribution in [1.29, 1.82) is 0 Å². The van der Waals surface area contributed by atoms with Crippen LogP contribution >= 0.6 is 0 Å². The predicted octanol–water partition coefficient (Wildman–Crippen LogP) is 3.98. The van der Waals surface area contributed by atoms with Crippen LogP contribution in [-0.4, -0.2) is 30.6 Å². The number of allylic oxidation sites excluding steroid dienone is 2. The molecule has 0 spiro atoms. The second-order valence-electron chi connectivity index (χ2n) is 7.35. The minimum absolute atomic E-state index is 0.113. The highest BCUT2D eigenvalue weighted by atomic mass is 16.6. The molecule has 0 aliphatic carbocycles. The molecule has 1 atom stereocenters. The van der Waals surface area contributed by atoms with Crippen molar-refractivity contribution in [3.05, 3.63) is 62.5 Å². The minimum Gasteiger partial charge on any atom is -0.466 e. The molecule has 0 aromatic heterocycles. The Bertz CT molecular complexity index is 901. The van der Waals surface area contributed by atoms with Gasteiger partial charge in [0.25, 0.3) is 5.69 Å². The molecule has 0 amide bonds. The lowest BCUT2D eigenvalue weighted by atomic mass is 9.78. The van der Waals surface area contributed by atoms with Gasteiger partial charge in [-0.1, -0.05) is 45.9 Å². The van der Waals surface area contributed by atoms with Gasteiger partial charge < -0.3 is 14.8 Å². The van der Waals surface area contributed by atoms with Gasteiger partial charge in [0, 0.05) is 23.0 Å². The summed E-state index contributed by atoms with van der Waals surface area (Å²) in [5.41, 5.74) is 1.61. The van der Waals surface area contributed by atoms with Gasteiger partial charge in [-0.25, -0.2) is 9.59 Å². The second-order valence-corrected chi connectivity index (χ2v) is 7.35. The lowest BCUT2D eigenvalue weighted by Crippen LogP contribution is -2.34. The summed E-state index contributed by atoms with van der Waals surface area (Å²) in [5.74, 6) is -2.10. The molecule has 162 valence electrons. The van der Waals surface area contributed by atoms with Crippen LogP contribution in [0.5, 0.6) is 0 Å². The van der Waals surface area contributed by atoms with Crippen molar-refractivity contribution in [2.45, 2.75) is 46.5 Å². The number of rotatable bonds is 8. The fourth-order valence-electron chi connectivity index (χ4n) is 3.49. The monoisotopic (exact) mass is 416 g/mol. The molecular formula is C22H28N2O6. The zero-order valence-electron chi connectivity index (χ0n) is 18.0. The number of dihydropyridines is 1. The van der Waals surface area contributed by atoms with Crippen molar-refractivity contribution in [3.8, 4) is 0 Å². The van der Waals surface area contributed by atoms with E-state index in [9.17, 15) is 19.7 Å². The summed E-state index contributed by atoms with van der Waals surface area (Å²) in [4.78, 5) is 37.1. The number of nitrogens with zero attached hydrogens (tertiary/aromatic N) is 1. The molecule has 0 radical (unpaired) electrons. The predicted molar refractivity (Wildman–Crippen MR) is 111 cm³/mol. The number of benzene rings is 1. The zero-order chi connectivity index (χ0) is 22.4. The summed E-state index contributed by atoms with van der Waals surface area (Å²) in [7, 11) is 1.24. The van der Waals surface area contributed by atoms with Crippen molar-refractivity contribution < 1.29 is 24.0 Å². The third kappa shape index (κ3) is 4.69. The van der Waals surface area contributed by atoms with Crippen LogP contribution < -0.4 is 5.32 Å². The first-order valence-corrected chi connectivity index (χ1v) is 9.98. The first-order valence-electron chi connectivity index (χ1n) is 9.98. The van der Waals surface area contributed by atoms with E-state index in [0.29, 0.717) is 24.2 Å². The normalized spacial score (nSPS) is 16.4. The van der Waals surface area contributed by atoms with E-state index in [1.807, 2.05) is 27.7 Å². The third-order valence-corrected chi connectivity index (χ3v) is 4.85. The number of hydrogen-bond acceptors (Lipinski definition) is 7. The number of nitro groups is 1. The van der Waals surface area contributed by atoms with Gasteiger partial charge in [0.2, 0.25) is 0 Å². The smallest absolute Gasteiger partial charge is 0.336 e. The molecule has 1 aliphatic rings. The number of carbonyl (C=O) groups excluding carboxylic acids is 2. The Morgan fingerprint density at radius 1 is 1.10 bits per heavy atom. The van der Waals surface area contributed by atoms with E-state index in [4.69, 9.17) is 9.47 Å². The summed E-state index contributed by atoms with van der Waals surface area (Å²) in [5, 5.41) is 14.9. The van der Waals surface area contributed by atoms with Gasteiger partial charge in [0.1, 0.15) is 0 Å². The van der Waals surface area contributed by atoms with E-state index >= 15 is 0 Å². The van der Waals surface area contributed by atoms with Gasteiger partial charge in [-0.2, -0.15) is 0 Å². The highest BCUT2D eigenvalue weighted by Crippen LogP contribution is 2.43. The van der Waals surface area contributed by atoms with Crippen molar-refractivity contribution in [3.63, 3.8) is 0 Å². The summed E-state index contributed by atoms with van der Waals surface area (Å²) in [6.45, 7) is 7.74. The quantitative estimate of drug-likeness (QED) is 0.388. The number of nitro benzene ring substituents is 1. The SMILES string of the molecule is CCC1=C(C(=O)OC)C(c2ccccc2[N+](=O)[O-])C(C(=O)OCC(C)C)=C(CC)N1. The zero-order valence-corrected chi connectivity index (χ0v) is 18.0. The molecule has 2 rings (SSSR count). The molecule has 0 fully saturated rings.